The molecule has 3 rings (SSSR count). The number of nitrogens with zero attached hydrogens (tertiary/aromatic N) is 2. The Morgan fingerprint density at radius 1 is 1.57 bits per heavy atom. The lowest BCUT2D eigenvalue weighted by Gasteiger charge is -2.26. The van der Waals surface area contributed by atoms with Crippen molar-refractivity contribution in [2.75, 3.05) is 20.3 Å². The van der Waals surface area contributed by atoms with E-state index >= 15 is 0 Å². The number of fused-ring (bicyclic) bond motifs is 1. The summed E-state index contributed by atoms with van der Waals surface area (Å²) in [5.74, 6) is 0.724. The number of amides is 1. The summed E-state index contributed by atoms with van der Waals surface area (Å²) in [6.45, 7) is 1.54. The van der Waals surface area contributed by atoms with Crippen LogP contribution < -0.4 is 5.32 Å². The number of carbonyl (C=O) groups excluding carboxylic acids is 1. The van der Waals surface area contributed by atoms with Gasteiger partial charge in [-0.25, -0.2) is 4.98 Å². The molecule has 0 unspecified atom stereocenters. The standard InChI is InChI=1S/C16H18ClN3O3/c1-22-10-16(21)19-6-13-8-20-14(7-18-15(20)9-23-13)11-3-2-4-12(17)5-11/h2-5,7,13H,6,8-10H2,1H3,(H,19,21)/t13-/m0/s1. The predicted octanol–water partition coefficient (Wildman–Crippen LogP) is 1.86. The number of imidazole rings is 1. The van der Waals surface area contributed by atoms with E-state index in [0.717, 1.165) is 17.1 Å². The summed E-state index contributed by atoms with van der Waals surface area (Å²) in [5, 5.41) is 3.49. The van der Waals surface area contributed by atoms with E-state index in [4.69, 9.17) is 21.1 Å². The van der Waals surface area contributed by atoms with E-state index in [-0.39, 0.29) is 18.6 Å². The molecule has 0 radical (unpaired) electrons. The third-order valence-corrected chi connectivity index (χ3v) is 3.93. The van der Waals surface area contributed by atoms with E-state index in [1.807, 2.05) is 30.5 Å². The molecule has 1 atom stereocenters. The molecule has 0 saturated heterocycles. The average molecular weight is 336 g/mol. The topological polar surface area (TPSA) is 65.4 Å². The number of hydrogen-bond acceptors (Lipinski definition) is 4. The second-order valence-electron chi connectivity index (χ2n) is 5.35. The number of nitrogens with one attached hydrogen (secondary N) is 1. The van der Waals surface area contributed by atoms with E-state index in [0.29, 0.717) is 24.7 Å². The number of carbonyl (C=O) groups is 1. The van der Waals surface area contributed by atoms with Gasteiger partial charge in [0.15, 0.2) is 0 Å². The van der Waals surface area contributed by atoms with Crippen LogP contribution in [0.3, 0.4) is 0 Å². The lowest BCUT2D eigenvalue weighted by Crippen LogP contribution is -2.40. The van der Waals surface area contributed by atoms with Gasteiger partial charge in [-0.2, -0.15) is 0 Å². The number of halogens is 1. The second kappa shape index (κ2) is 7.12. The van der Waals surface area contributed by atoms with Gasteiger partial charge in [0, 0.05) is 24.2 Å². The van der Waals surface area contributed by atoms with Crippen LogP contribution in [-0.2, 0) is 27.4 Å². The van der Waals surface area contributed by atoms with Gasteiger partial charge in [-0.1, -0.05) is 23.7 Å². The lowest BCUT2D eigenvalue weighted by molar-refractivity contribution is -0.125. The van der Waals surface area contributed by atoms with Crippen LogP contribution in [0.25, 0.3) is 11.3 Å². The first-order chi connectivity index (χ1) is 11.2. The monoisotopic (exact) mass is 335 g/mol. The first kappa shape index (κ1) is 16.0. The van der Waals surface area contributed by atoms with Crippen LogP contribution in [0, 0.1) is 0 Å². The smallest absolute Gasteiger partial charge is 0.246 e. The Balaban J connectivity index is 1.72. The fourth-order valence-electron chi connectivity index (χ4n) is 2.59. The van der Waals surface area contributed by atoms with Gasteiger partial charge >= 0.3 is 0 Å². The fraction of sp³-hybridized carbons (Fsp3) is 0.375. The molecule has 1 aliphatic heterocycles. The minimum absolute atomic E-state index is 0.0524. The zero-order valence-electron chi connectivity index (χ0n) is 12.8. The van der Waals surface area contributed by atoms with Gasteiger partial charge in [0.2, 0.25) is 5.91 Å². The van der Waals surface area contributed by atoms with Crippen molar-refractivity contribution in [2.24, 2.45) is 0 Å². The predicted molar refractivity (Wildman–Crippen MR) is 86.1 cm³/mol. The van der Waals surface area contributed by atoms with Gasteiger partial charge in [0.05, 0.1) is 24.5 Å². The van der Waals surface area contributed by atoms with Crippen molar-refractivity contribution in [3.8, 4) is 11.3 Å². The van der Waals surface area contributed by atoms with Gasteiger partial charge in [0.1, 0.15) is 19.0 Å². The first-order valence-corrected chi connectivity index (χ1v) is 7.72. The zero-order chi connectivity index (χ0) is 16.2. The number of aromatic nitrogens is 2. The normalized spacial score (nSPS) is 16.9. The molecule has 122 valence electrons. The highest BCUT2D eigenvalue weighted by Crippen LogP contribution is 2.26. The highest BCUT2D eigenvalue weighted by molar-refractivity contribution is 6.30. The lowest BCUT2D eigenvalue weighted by atomic mass is 10.1. The van der Waals surface area contributed by atoms with Crippen molar-refractivity contribution < 1.29 is 14.3 Å². The molecule has 0 bridgehead atoms. The minimum atomic E-state index is -0.150. The fourth-order valence-corrected chi connectivity index (χ4v) is 2.78. The molecule has 2 aromatic rings. The molecule has 1 aliphatic rings. The van der Waals surface area contributed by atoms with Crippen LogP contribution in [0.4, 0.5) is 0 Å². The van der Waals surface area contributed by atoms with E-state index in [1.54, 1.807) is 0 Å². The van der Waals surface area contributed by atoms with Gasteiger partial charge < -0.3 is 19.4 Å². The van der Waals surface area contributed by atoms with Crippen molar-refractivity contribution in [3.63, 3.8) is 0 Å². The number of methoxy groups -OCH3 is 1. The number of benzene rings is 1. The molecular formula is C16H18ClN3O3. The maximum atomic E-state index is 11.5. The molecule has 7 heteroatoms. The summed E-state index contributed by atoms with van der Waals surface area (Å²) in [4.78, 5) is 15.9. The van der Waals surface area contributed by atoms with Crippen LogP contribution in [0.1, 0.15) is 5.82 Å². The van der Waals surface area contributed by atoms with Crippen LogP contribution in [0.2, 0.25) is 5.02 Å². The van der Waals surface area contributed by atoms with E-state index < -0.39 is 0 Å². The SMILES string of the molecule is COCC(=O)NC[C@H]1Cn2c(-c3cccc(Cl)c3)cnc2CO1. The molecule has 0 spiro atoms. The third kappa shape index (κ3) is 3.72. The van der Waals surface area contributed by atoms with Crippen molar-refractivity contribution in [2.45, 2.75) is 19.3 Å². The molecule has 1 aromatic heterocycles. The van der Waals surface area contributed by atoms with E-state index in [1.165, 1.54) is 7.11 Å². The van der Waals surface area contributed by atoms with Crippen molar-refractivity contribution >= 4 is 17.5 Å². The molecular weight excluding hydrogens is 318 g/mol. The minimum Gasteiger partial charge on any atom is -0.375 e. The van der Waals surface area contributed by atoms with E-state index in [9.17, 15) is 4.79 Å². The molecule has 1 N–H and O–H groups in total. The third-order valence-electron chi connectivity index (χ3n) is 3.70. The first-order valence-electron chi connectivity index (χ1n) is 7.35. The summed E-state index contributed by atoms with van der Waals surface area (Å²) in [6.07, 6.45) is 1.73. The van der Waals surface area contributed by atoms with Crippen molar-refractivity contribution in [1.29, 1.82) is 0 Å². The Hall–Kier alpha value is -1.89. The summed E-state index contributed by atoms with van der Waals surface area (Å²) in [6, 6.07) is 7.67. The second-order valence-corrected chi connectivity index (χ2v) is 5.79. The van der Waals surface area contributed by atoms with E-state index in [2.05, 4.69) is 14.9 Å². The summed E-state index contributed by atoms with van der Waals surface area (Å²) in [7, 11) is 1.49. The van der Waals surface area contributed by atoms with Crippen LogP contribution in [0.15, 0.2) is 30.5 Å². The largest absolute Gasteiger partial charge is 0.375 e. The Kier molecular flexibility index (Phi) is 4.95. The quantitative estimate of drug-likeness (QED) is 0.906. The molecule has 0 saturated carbocycles. The maximum Gasteiger partial charge on any atom is 0.246 e. The molecule has 2 heterocycles. The Morgan fingerprint density at radius 3 is 3.22 bits per heavy atom. The van der Waals surface area contributed by atoms with Gasteiger partial charge in [-0.3, -0.25) is 4.79 Å². The number of rotatable bonds is 5. The Bertz CT molecular complexity index is 702. The van der Waals surface area contributed by atoms with Crippen LogP contribution in [0.5, 0.6) is 0 Å². The summed E-state index contributed by atoms with van der Waals surface area (Å²) < 4.78 is 12.6. The molecule has 0 fully saturated rings. The molecule has 1 aromatic carbocycles. The Morgan fingerprint density at radius 2 is 2.43 bits per heavy atom. The molecule has 6 nitrogen and oxygen atoms in total. The zero-order valence-corrected chi connectivity index (χ0v) is 13.5. The van der Waals surface area contributed by atoms with Gasteiger partial charge in [0.25, 0.3) is 0 Å². The maximum absolute atomic E-state index is 11.5. The van der Waals surface area contributed by atoms with Crippen molar-refractivity contribution in [3.05, 3.63) is 41.3 Å². The highest BCUT2D eigenvalue weighted by atomic mass is 35.5. The van der Waals surface area contributed by atoms with Crippen LogP contribution >= 0.6 is 11.6 Å². The highest BCUT2D eigenvalue weighted by Gasteiger charge is 2.23. The summed E-state index contributed by atoms with van der Waals surface area (Å²) >= 11 is 6.07. The van der Waals surface area contributed by atoms with Crippen LogP contribution in [-0.4, -0.2) is 41.8 Å². The number of hydrogen-bond donors (Lipinski definition) is 1. The van der Waals surface area contributed by atoms with Crippen molar-refractivity contribution in [1.82, 2.24) is 14.9 Å². The Labute approximate surface area is 139 Å². The van der Waals surface area contributed by atoms with Gasteiger partial charge in [-0.15, -0.1) is 0 Å². The molecule has 0 aliphatic carbocycles. The molecule has 23 heavy (non-hydrogen) atoms. The molecule has 1 amide bonds. The summed E-state index contributed by atoms with van der Waals surface area (Å²) in [5.41, 5.74) is 2.01. The number of ether oxygens (including phenoxy) is 2. The van der Waals surface area contributed by atoms with Gasteiger partial charge in [-0.05, 0) is 12.1 Å². The average Bonchev–Trinajstić information content (AvgIpc) is 2.96.